The van der Waals surface area contributed by atoms with Gasteiger partial charge >= 0.3 is 12.1 Å². The molecular formula is C33H38F4N4O7. The quantitative estimate of drug-likeness (QED) is 0.163. The molecule has 3 aromatic rings. The predicted molar refractivity (Wildman–Crippen MR) is 166 cm³/mol. The van der Waals surface area contributed by atoms with E-state index in [9.17, 15) is 32.3 Å². The molecule has 11 nitrogen and oxygen atoms in total. The summed E-state index contributed by atoms with van der Waals surface area (Å²) in [4.78, 5) is 29.3. The summed E-state index contributed by atoms with van der Waals surface area (Å²) >= 11 is 0. The van der Waals surface area contributed by atoms with Gasteiger partial charge in [0, 0.05) is 16.7 Å². The second kappa shape index (κ2) is 13.9. The predicted octanol–water partition coefficient (Wildman–Crippen LogP) is 3.94. The number of carbonyl (C=O) groups is 2. The third-order valence-electron chi connectivity index (χ3n) is 7.83. The fourth-order valence-electron chi connectivity index (χ4n) is 4.78. The molecule has 1 amide bonds. The Morgan fingerprint density at radius 1 is 1.10 bits per heavy atom. The maximum atomic E-state index is 14.6. The number of fused-ring (bicyclic) bond motifs is 1. The fraction of sp³-hybridized carbons (Fsp3) is 0.424. The average molecular weight is 679 g/mol. The Bertz CT molecular complexity index is 1650. The maximum absolute atomic E-state index is 14.6. The van der Waals surface area contributed by atoms with Gasteiger partial charge in [0.15, 0.2) is 17.2 Å². The number of amides is 1. The number of alkyl halides is 3. The highest BCUT2D eigenvalue weighted by atomic mass is 19.4. The van der Waals surface area contributed by atoms with Crippen LogP contribution in [0.1, 0.15) is 49.3 Å². The van der Waals surface area contributed by atoms with Gasteiger partial charge in [-0.15, -0.1) is 0 Å². The molecule has 2 heterocycles. The van der Waals surface area contributed by atoms with Crippen molar-refractivity contribution < 1.29 is 51.2 Å². The second-order valence-electron chi connectivity index (χ2n) is 12.2. The lowest BCUT2D eigenvalue weighted by Gasteiger charge is -2.31. The lowest BCUT2D eigenvalue weighted by molar-refractivity contribution is -0.265. The van der Waals surface area contributed by atoms with Gasteiger partial charge in [-0.25, -0.2) is 9.37 Å². The number of rotatable bonds is 12. The summed E-state index contributed by atoms with van der Waals surface area (Å²) in [5, 5.41) is 13.3. The number of hydrogen-bond donors (Lipinski definition) is 4. The summed E-state index contributed by atoms with van der Waals surface area (Å²) < 4.78 is 79.5. The van der Waals surface area contributed by atoms with E-state index in [1.807, 2.05) is 0 Å². The highest BCUT2D eigenvalue weighted by Gasteiger charge is 2.57. The van der Waals surface area contributed by atoms with Crippen molar-refractivity contribution in [2.45, 2.75) is 57.2 Å². The van der Waals surface area contributed by atoms with E-state index in [1.54, 1.807) is 27.7 Å². The Morgan fingerprint density at radius 2 is 1.77 bits per heavy atom. The van der Waals surface area contributed by atoms with Crippen LogP contribution in [0.2, 0.25) is 0 Å². The average Bonchev–Trinajstić information content (AvgIpc) is 3.35. The minimum Gasteiger partial charge on any atom is -0.493 e. The summed E-state index contributed by atoms with van der Waals surface area (Å²) in [6.45, 7) is 5.20. The molecule has 0 radical (unpaired) electrons. The number of benzene rings is 2. The molecule has 4 rings (SSSR count). The smallest absolute Gasteiger partial charge is 0.424 e. The SMILES string of the molecule is COc1cc(C(=O)NCC(O)(c2cc3c(c(-c4ccc(F)cc4)n2)OCC3(C)N)C(F)(F)F)ccc1OCC(C)OC(=O)C(N)C(C)C. The zero-order chi connectivity index (χ0) is 35.6. The molecule has 4 atom stereocenters. The van der Waals surface area contributed by atoms with Crippen molar-refractivity contribution in [1.82, 2.24) is 10.3 Å². The van der Waals surface area contributed by atoms with E-state index >= 15 is 0 Å². The van der Waals surface area contributed by atoms with Crippen LogP contribution < -0.4 is 31.0 Å². The molecule has 15 heteroatoms. The van der Waals surface area contributed by atoms with Crippen LogP contribution in [0.3, 0.4) is 0 Å². The molecular weight excluding hydrogens is 640 g/mol. The number of halogens is 4. The second-order valence-corrected chi connectivity index (χ2v) is 12.2. The molecule has 48 heavy (non-hydrogen) atoms. The van der Waals surface area contributed by atoms with Crippen LogP contribution in [0.25, 0.3) is 11.3 Å². The molecule has 1 aromatic heterocycles. The zero-order valence-corrected chi connectivity index (χ0v) is 27.0. The number of nitrogens with one attached hydrogen (secondary N) is 1. The van der Waals surface area contributed by atoms with Gasteiger partial charge in [-0.1, -0.05) is 13.8 Å². The Kier molecular flexibility index (Phi) is 10.6. The van der Waals surface area contributed by atoms with Gasteiger partial charge < -0.3 is 40.8 Å². The highest BCUT2D eigenvalue weighted by Crippen LogP contribution is 2.46. The number of methoxy groups -OCH3 is 1. The van der Waals surface area contributed by atoms with Crippen LogP contribution in [-0.2, 0) is 20.7 Å². The molecule has 0 bridgehead atoms. The molecule has 0 aliphatic carbocycles. The Hall–Kier alpha value is -4.47. The largest absolute Gasteiger partial charge is 0.493 e. The number of nitrogens with zero attached hydrogens (tertiary/aromatic N) is 1. The van der Waals surface area contributed by atoms with E-state index in [0.717, 1.165) is 18.2 Å². The van der Waals surface area contributed by atoms with Crippen LogP contribution in [0.15, 0.2) is 48.5 Å². The molecule has 1 aliphatic heterocycles. The van der Waals surface area contributed by atoms with Crippen LogP contribution >= 0.6 is 0 Å². The number of ether oxygens (including phenoxy) is 4. The molecule has 1 aliphatic rings. The number of pyridine rings is 1. The first-order valence-corrected chi connectivity index (χ1v) is 15.0. The third kappa shape index (κ3) is 7.63. The van der Waals surface area contributed by atoms with Crippen molar-refractivity contribution in [2.75, 3.05) is 26.9 Å². The maximum Gasteiger partial charge on any atom is 0.424 e. The Balaban J connectivity index is 1.56. The topological polar surface area (TPSA) is 168 Å². The normalized spacial score (nSPS) is 18.3. The van der Waals surface area contributed by atoms with Crippen molar-refractivity contribution >= 4 is 11.9 Å². The summed E-state index contributed by atoms with van der Waals surface area (Å²) in [7, 11) is 1.30. The van der Waals surface area contributed by atoms with Gasteiger partial charge in [-0.05, 0) is 68.3 Å². The molecule has 2 aromatic carbocycles. The van der Waals surface area contributed by atoms with Crippen molar-refractivity contribution in [1.29, 1.82) is 0 Å². The van der Waals surface area contributed by atoms with Gasteiger partial charge in [-0.3, -0.25) is 9.59 Å². The molecule has 0 fully saturated rings. The van der Waals surface area contributed by atoms with Gasteiger partial charge in [0.2, 0.25) is 5.60 Å². The number of esters is 1. The van der Waals surface area contributed by atoms with Gasteiger partial charge in [0.25, 0.3) is 5.91 Å². The van der Waals surface area contributed by atoms with E-state index in [-0.39, 0.29) is 58.8 Å². The van der Waals surface area contributed by atoms with Gasteiger partial charge in [-0.2, -0.15) is 13.2 Å². The zero-order valence-electron chi connectivity index (χ0n) is 27.0. The van der Waals surface area contributed by atoms with Crippen LogP contribution in [0.5, 0.6) is 17.2 Å². The van der Waals surface area contributed by atoms with Crippen molar-refractivity contribution in [3.05, 3.63) is 71.2 Å². The lowest BCUT2D eigenvalue weighted by Crippen LogP contribution is -2.51. The Labute approximate surface area is 274 Å². The standard InChI is InChI=1S/C33H38F4N4O7/c1-17(2)26(38)30(43)48-18(3)14-46-23-11-8-20(12-24(23)45-5)29(42)40-15-32(44,33(35,36)37)25-13-22-28(47-16-31(22,4)39)27(41-25)19-6-9-21(34)10-7-19/h6-13,17-18,26,44H,14-16,38-39H2,1-5H3,(H,40,42). The van der Waals surface area contributed by atoms with Crippen LogP contribution in [0.4, 0.5) is 17.6 Å². The summed E-state index contributed by atoms with van der Waals surface area (Å²) in [5.41, 5.74) is 6.53. The molecule has 0 spiro atoms. The van der Waals surface area contributed by atoms with E-state index < -0.39 is 59.4 Å². The van der Waals surface area contributed by atoms with E-state index in [2.05, 4.69) is 10.3 Å². The van der Waals surface area contributed by atoms with E-state index in [0.29, 0.717) is 0 Å². The molecule has 0 saturated heterocycles. The third-order valence-corrected chi connectivity index (χ3v) is 7.83. The number of aromatic nitrogens is 1. The molecule has 4 unspecified atom stereocenters. The van der Waals surface area contributed by atoms with Crippen molar-refractivity contribution in [2.24, 2.45) is 17.4 Å². The number of aliphatic hydroxyl groups is 1. The number of nitrogens with two attached hydrogens (primary N) is 2. The number of carbonyl (C=O) groups excluding carboxylic acids is 2. The monoisotopic (exact) mass is 678 g/mol. The summed E-state index contributed by atoms with van der Waals surface area (Å²) in [6.07, 6.45) is -6.00. The summed E-state index contributed by atoms with van der Waals surface area (Å²) in [5.74, 6) is -1.94. The minimum absolute atomic E-state index is 0.0672. The molecule has 6 N–H and O–H groups in total. The molecule has 0 saturated carbocycles. The Morgan fingerprint density at radius 3 is 2.38 bits per heavy atom. The van der Waals surface area contributed by atoms with Crippen molar-refractivity contribution in [3.8, 4) is 28.5 Å². The van der Waals surface area contributed by atoms with E-state index in [4.69, 9.17) is 30.4 Å². The van der Waals surface area contributed by atoms with Gasteiger partial charge in [0.1, 0.15) is 36.9 Å². The lowest BCUT2D eigenvalue weighted by atomic mass is 9.89. The summed E-state index contributed by atoms with van der Waals surface area (Å²) in [6, 6.07) is 8.89. The molecule has 260 valence electrons. The first-order valence-electron chi connectivity index (χ1n) is 15.0. The first kappa shape index (κ1) is 36.4. The highest BCUT2D eigenvalue weighted by molar-refractivity contribution is 5.95. The minimum atomic E-state index is -5.32. The van der Waals surface area contributed by atoms with Crippen LogP contribution in [-0.4, -0.2) is 67.2 Å². The van der Waals surface area contributed by atoms with Crippen LogP contribution in [0, 0.1) is 11.7 Å². The van der Waals surface area contributed by atoms with Crippen molar-refractivity contribution in [3.63, 3.8) is 0 Å². The fourth-order valence-corrected chi connectivity index (χ4v) is 4.78. The van der Waals surface area contributed by atoms with E-state index in [1.165, 1.54) is 37.4 Å². The first-order chi connectivity index (χ1) is 22.4. The number of hydrogen-bond acceptors (Lipinski definition) is 10. The van der Waals surface area contributed by atoms with Gasteiger partial charge in [0.05, 0.1) is 24.9 Å².